The monoisotopic (exact) mass is 493 g/mol. The van der Waals surface area contributed by atoms with Crippen LogP contribution in [0.15, 0.2) is 30.3 Å². The van der Waals surface area contributed by atoms with Crippen molar-refractivity contribution in [2.24, 2.45) is 0 Å². The van der Waals surface area contributed by atoms with E-state index in [9.17, 15) is 4.79 Å². The lowest BCUT2D eigenvalue weighted by atomic mass is 10.2. The Bertz CT molecular complexity index is 848. The number of hydrogen-bond donors (Lipinski definition) is 0. The smallest absolute Gasteiger partial charge is 0.255 e. The number of carbonyl (C=O) groups excluding carboxylic acids is 1. The van der Waals surface area contributed by atoms with Gasteiger partial charge in [-0.25, -0.2) is 4.98 Å². The van der Waals surface area contributed by atoms with Crippen molar-refractivity contribution in [1.82, 2.24) is 14.9 Å². The topological polar surface area (TPSA) is 61.8 Å². The van der Waals surface area contributed by atoms with Crippen molar-refractivity contribution in [3.05, 3.63) is 45.2 Å². The standard InChI is InChI=1S/C20H24IN5O2/c1-15-14-18(23-20(22-15)26-10-12-28-13-11-26)24-6-8-25(9-7-24)19(27)16-4-2-3-5-17(16)21/h2-5,14H,6-13H2,1H3. The number of nitrogens with zero attached hydrogens (tertiary/aromatic N) is 5. The van der Waals surface area contributed by atoms with E-state index < -0.39 is 0 Å². The quantitative estimate of drug-likeness (QED) is 0.612. The van der Waals surface area contributed by atoms with Crippen LogP contribution < -0.4 is 9.80 Å². The Balaban J connectivity index is 1.44. The Labute approximate surface area is 178 Å². The third-order valence-corrected chi connectivity index (χ3v) is 6.06. The first-order valence-electron chi connectivity index (χ1n) is 9.59. The highest BCUT2D eigenvalue weighted by molar-refractivity contribution is 14.1. The van der Waals surface area contributed by atoms with Crippen LogP contribution >= 0.6 is 22.6 Å². The second-order valence-electron chi connectivity index (χ2n) is 7.03. The normalized spacial score (nSPS) is 17.7. The predicted octanol–water partition coefficient (Wildman–Crippen LogP) is 2.19. The molecular formula is C20H24IN5O2. The number of hydrogen-bond acceptors (Lipinski definition) is 6. The maximum atomic E-state index is 12.8. The van der Waals surface area contributed by atoms with E-state index in [4.69, 9.17) is 9.72 Å². The van der Waals surface area contributed by atoms with E-state index in [1.165, 1.54) is 0 Å². The molecule has 2 aliphatic heterocycles. The second-order valence-corrected chi connectivity index (χ2v) is 8.19. The summed E-state index contributed by atoms with van der Waals surface area (Å²) in [6.07, 6.45) is 0. The second kappa shape index (κ2) is 8.60. The molecule has 1 aromatic heterocycles. The minimum absolute atomic E-state index is 0.109. The van der Waals surface area contributed by atoms with Gasteiger partial charge in [-0.1, -0.05) is 12.1 Å². The molecule has 0 aliphatic carbocycles. The molecule has 2 aliphatic rings. The van der Waals surface area contributed by atoms with Crippen molar-refractivity contribution in [2.75, 3.05) is 62.3 Å². The van der Waals surface area contributed by atoms with Gasteiger partial charge < -0.3 is 19.4 Å². The van der Waals surface area contributed by atoms with Crippen LogP contribution in [0.5, 0.6) is 0 Å². The number of benzene rings is 1. The van der Waals surface area contributed by atoms with Crippen LogP contribution in [0, 0.1) is 10.5 Å². The van der Waals surface area contributed by atoms with E-state index in [1.807, 2.05) is 42.2 Å². The summed E-state index contributed by atoms with van der Waals surface area (Å²) in [5.41, 5.74) is 1.74. The molecule has 7 nitrogen and oxygen atoms in total. The molecule has 28 heavy (non-hydrogen) atoms. The maximum absolute atomic E-state index is 12.8. The van der Waals surface area contributed by atoms with Gasteiger partial charge in [-0.3, -0.25) is 4.79 Å². The van der Waals surface area contributed by atoms with E-state index >= 15 is 0 Å². The van der Waals surface area contributed by atoms with E-state index in [0.29, 0.717) is 26.3 Å². The minimum atomic E-state index is 0.109. The largest absolute Gasteiger partial charge is 0.378 e. The zero-order valence-electron chi connectivity index (χ0n) is 16.0. The van der Waals surface area contributed by atoms with Crippen LogP contribution in [0.1, 0.15) is 16.1 Å². The van der Waals surface area contributed by atoms with Crippen LogP contribution in [-0.4, -0.2) is 73.3 Å². The maximum Gasteiger partial charge on any atom is 0.255 e. The summed E-state index contributed by atoms with van der Waals surface area (Å²) in [5, 5.41) is 0. The van der Waals surface area contributed by atoms with Crippen molar-refractivity contribution in [3.63, 3.8) is 0 Å². The van der Waals surface area contributed by atoms with Gasteiger partial charge in [-0.05, 0) is 41.6 Å². The summed E-state index contributed by atoms with van der Waals surface area (Å²) in [6, 6.07) is 9.78. The molecule has 148 valence electrons. The van der Waals surface area contributed by atoms with Gasteiger partial charge in [0.05, 0.1) is 18.8 Å². The number of morpholine rings is 1. The number of anilines is 2. The van der Waals surface area contributed by atoms with Gasteiger partial charge in [0.2, 0.25) is 5.95 Å². The fraction of sp³-hybridized carbons (Fsp3) is 0.450. The van der Waals surface area contributed by atoms with Gasteiger partial charge in [0.1, 0.15) is 5.82 Å². The third-order valence-electron chi connectivity index (χ3n) is 5.12. The Morgan fingerprint density at radius 2 is 1.71 bits per heavy atom. The summed E-state index contributed by atoms with van der Waals surface area (Å²) in [6.45, 7) is 8.01. The first kappa shape index (κ1) is 19.4. The molecule has 1 aromatic carbocycles. The highest BCUT2D eigenvalue weighted by atomic mass is 127. The van der Waals surface area contributed by atoms with Crippen LogP contribution in [0.25, 0.3) is 0 Å². The highest BCUT2D eigenvalue weighted by Gasteiger charge is 2.25. The number of piperazine rings is 1. The molecule has 0 spiro atoms. The van der Waals surface area contributed by atoms with E-state index in [1.54, 1.807) is 0 Å². The minimum Gasteiger partial charge on any atom is -0.378 e. The lowest BCUT2D eigenvalue weighted by Crippen LogP contribution is -2.49. The van der Waals surface area contributed by atoms with Gasteiger partial charge in [0.15, 0.2) is 0 Å². The molecule has 3 heterocycles. The Kier molecular flexibility index (Phi) is 5.96. The summed E-state index contributed by atoms with van der Waals surface area (Å²) in [4.78, 5) is 28.6. The van der Waals surface area contributed by atoms with Crippen LogP contribution in [-0.2, 0) is 4.74 Å². The lowest BCUT2D eigenvalue weighted by Gasteiger charge is -2.36. The summed E-state index contributed by atoms with van der Waals surface area (Å²) >= 11 is 2.22. The zero-order valence-corrected chi connectivity index (χ0v) is 18.1. The van der Waals surface area contributed by atoms with Crippen LogP contribution in [0.4, 0.5) is 11.8 Å². The van der Waals surface area contributed by atoms with E-state index in [2.05, 4.69) is 37.4 Å². The van der Waals surface area contributed by atoms with Crippen molar-refractivity contribution >= 4 is 40.3 Å². The van der Waals surface area contributed by atoms with Crippen molar-refractivity contribution in [2.45, 2.75) is 6.92 Å². The predicted molar refractivity (Wildman–Crippen MR) is 117 cm³/mol. The summed E-state index contributed by atoms with van der Waals surface area (Å²) in [7, 11) is 0. The number of aromatic nitrogens is 2. The van der Waals surface area contributed by atoms with Gasteiger partial charge in [0.25, 0.3) is 5.91 Å². The number of amides is 1. The molecule has 2 saturated heterocycles. The molecule has 8 heteroatoms. The van der Waals surface area contributed by atoms with Gasteiger partial charge in [-0.2, -0.15) is 4.98 Å². The Morgan fingerprint density at radius 1 is 1.00 bits per heavy atom. The molecule has 0 unspecified atom stereocenters. The molecule has 0 atom stereocenters. The van der Waals surface area contributed by atoms with Gasteiger partial charge in [0, 0.05) is 54.6 Å². The molecular weight excluding hydrogens is 469 g/mol. The number of aryl methyl sites for hydroxylation is 1. The van der Waals surface area contributed by atoms with Gasteiger partial charge in [-0.15, -0.1) is 0 Å². The van der Waals surface area contributed by atoms with Crippen molar-refractivity contribution in [1.29, 1.82) is 0 Å². The van der Waals surface area contributed by atoms with Crippen molar-refractivity contribution in [3.8, 4) is 0 Å². The fourth-order valence-corrected chi connectivity index (χ4v) is 4.17. The zero-order chi connectivity index (χ0) is 19.5. The highest BCUT2D eigenvalue weighted by Crippen LogP contribution is 2.21. The van der Waals surface area contributed by atoms with Gasteiger partial charge >= 0.3 is 0 Å². The van der Waals surface area contributed by atoms with Crippen LogP contribution in [0.2, 0.25) is 0 Å². The molecule has 1 amide bonds. The Hall–Kier alpha value is -1.94. The summed E-state index contributed by atoms with van der Waals surface area (Å²) in [5.74, 6) is 1.82. The molecule has 2 aromatic rings. The fourth-order valence-electron chi connectivity index (χ4n) is 3.55. The first-order chi connectivity index (χ1) is 13.6. The van der Waals surface area contributed by atoms with E-state index in [-0.39, 0.29) is 5.91 Å². The van der Waals surface area contributed by atoms with Crippen LogP contribution in [0.3, 0.4) is 0 Å². The molecule has 0 radical (unpaired) electrons. The number of carbonyl (C=O) groups is 1. The van der Waals surface area contributed by atoms with E-state index in [0.717, 1.165) is 52.8 Å². The molecule has 2 fully saturated rings. The lowest BCUT2D eigenvalue weighted by molar-refractivity contribution is 0.0745. The number of rotatable bonds is 3. The average Bonchev–Trinajstić information content (AvgIpc) is 2.74. The summed E-state index contributed by atoms with van der Waals surface area (Å²) < 4.78 is 6.43. The van der Waals surface area contributed by atoms with Crippen molar-refractivity contribution < 1.29 is 9.53 Å². The molecule has 0 saturated carbocycles. The Morgan fingerprint density at radius 3 is 2.43 bits per heavy atom. The molecule has 4 rings (SSSR count). The number of halogens is 1. The molecule has 0 N–H and O–H groups in total. The SMILES string of the molecule is Cc1cc(N2CCN(C(=O)c3ccccc3I)CC2)nc(N2CCOCC2)n1. The molecule has 0 bridgehead atoms. The number of ether oxygens (including phenoxy) is 1. The average molecular weight is 493 g/mol. The third kappa shape index (κ3) is 4.22. The first-order valence-corrected chi connectivity index (χ1v) is 10.7.